The predicted octanol–water partition coefficient (Wildman–Crippen LogP) is 5.65. The molecule has 2 aromatic rings. The van der Waals surface area contributed by atoms with Gasteiger partial charge in [-0.2, -0.15) is 0 Å². The third-order valence-corrected chi connectivity index (χ3v) is 4.52. The number of hydrogen-bond acceptors (Lipinski definition) is 4. The van der Waals surface area contributed by atoms with E-state index in [1.807, 2.05) is 39.0 Å². The second kappa shape index (κ2) is 10.6. The second-order valence-corrected chi connectivity index (χ2v) is 6.45. The molecule has 0 aliphatic rings. The first kappa shape index (κ1) is 21.6. The number of carbonyl (C=O) groups excluding carboxylic acids is 1. The highest BCUT2D eigenvalue weighted by Gasteiger charge is 2.19. The molecule has 0 fully saturated rings. The minimum absolute atomic E-state index is 0.208. The lowest BCUT2D eigenvalue weighted by atomic mass is 9.96. The first-order valence-electron chi connectivity index (χ1n) is 10.0. The van der Waals surface area contributed by atoms with E-state index in [4.69, 9.17) is 14.2 Å². The van der Waals surface area contributed by atoms with Gasteiger partial charge in [-0.25, -0.2) is 0 Å². The maximum atomic E-state index is 13.0. The van der Waals surface area contributed by atoms with Gasteiger partial charge in [-0.05, 0) is 56.9 Å². The summed E-state index contributed by atoms with van der Waals surface area (Å²) in [6.07, 6.45) is 0.999. The molecule has 0 saturated carbocycles. The number of hydrogen-bond donors (Lipinski definition) is 1. The van der Waals surface area contributed by atoms with E-state index in [1.54, 1.807) is 12.1 Å². The van der Waals surface area contributed by atoms with Gasteiger partial charge in [0.05, 0.1) is 19.8 Å². The van der Waals surface area contributed by atoms with Gasteiger partial charge in [0.2, 0.25) is 5.75 Å². The minimum Gasteiger partial charge on any atom is -0.490 e. The van der Waals surface area contributed by atoms with Crippen LogP contribution in [-0.2, 0) is 0 Å². The smallest absolute Gasteiger partial charge is 0.255 e. The molecule has 1 N–H and O–H groups in total. The lowest BCUT2D eigenvalue weighted by Gasteiger charge is -2.18. The summed E-state index contributed by atoms with van der Waals surface area (Å²) < 4.78 is 17.1. The average molecular weight is 386 g/mol. The highest BCUT2D eigenvalue weighted by molar-refractivity contribution is 6.05. The van der Waals surface area contributed by atoms with E-state index < -0.39 is 0 Å². The normalized spacial score (nSPS) is 11.6. The van der Waals surface area contributed by atoms with Crippen LogP contribution in [-0.4, -0.2) is 25.7 Å². The summed E-state index contributed by atoms with van der Waals surface area (Å²) in [5.41, 5.74) is 2.42. The summed E-state index contributed by atoms with van der Waals surface area (Å²) in [6, 6.07) is 11.3. The van der Waals surface area contributed by atoms with Crippen LogP contribution in [0, 0.1) is 0 Å². The van der Waals surface area contributed by atoms with Crippen molar-refractivity contribution in [3.8, 4) is 17.2 Å². The molecule has 1 amide bonds. The van der Waals surface area contributed by atoms with E-state index in [9.17, 15) is 4.79 Å². The molecular weight excluding hydrogens is 354 g/mol. The summed E-state index contributed by atoms with van der Waals surface area (Å²) in [5.74, 6) is 1.70. The molecule has 0 aliphatic carbocycles. The number of carbonyl (C=O) groups is 1. The summed E-state index contributed by atoms with van der Waals surface area (Å²) in [5, 5.41) is 3.04. The van der Waals surface area contributed by atoms with Gasteiger partial charge in [-0.15, -0.1) is 0 Å². The standard InChI is InChI=1S/C23H31NO4/c1-6-16(5)18-12-10-11-13-19(18)24-23(25)17-14-20(26-7-2)22(28-9-4)21(15-17)27-8-3/h10-16H,6-9H2,1-5H3,(H,24,25). The summed E-state index contributed by atoms with van der Waals surface area (Å²) in [4.78, 5) is 13.0. The van der Waals surface area contributed by atoms with Crippen molar-refractivity contribution in [3.05, 3.63) is 47.5 Å². The Hall–Kier alpha value is -2.69. The van der Waals surface area contributed by atoms with Gasteiger partial charge >= 0.3 is 0 Å². The maximum absolute atomic E-state index is 13.0. The van der Waals surface area contributed by atoms with Crippen LogP contribution in [0.2, 0.25) is 0 Å². The van der Waals surface area contributed by atoms with Crippen molar-refractivity contribution in [2.24, 2.45) is 0 Å². The van der Waals surface area contributed by atoms with Gasteiger partial charge in [-0.1, -0.05) is 32.0 Å². The van der Waals surface area contributed by atoms with E-state index >= 15 is 0 Å². The fraction of sp³-hybridized carbons (Fsp3) is 0.435. The monoisotopic (exact) mass is 385 g/mol. The molecular formula is C23H31NO4. The van der Waals surface area contributed by atoms with Crippen molar-refractivity contribution in [1.29, 1.82) is 0 Å². The number of nitrogens with one attached hydrogen (secondary N) is 1. The molecule has 2 rings (SSSR count). The molecule has 2 aromatic carbocycles. The van der Waals surface area contributed by atoms with Crippen LogP contribution in [0.4, 0.5) is 5.69 Å². The summed E-state index contributed by atoms with van der Waals surface area (Å²) in [7, 11) is 0. The Morgan fingerprint density at radius 1 is 0.929 bits per heavy atom. The maximum Gasteiger partial charge on any atom is 0.255 e. The van der Waals surface area contributed by atoms with Crippen molar-refractivity contribution in [2.45, 2.75) is 47.0 Å². The molecule has 0 heterocycles. The lowest BCUT2D eigenvalue weighted by Crippen LogP contribution is -2.15. The molecule has 0 spiro atoms. The van der Waals surface area contributed by atoms with E-state index in [1.165, 1.54) is 0 Å². The van der Waals surface area contributed by atoms with Gasteiger partial charge < -0.3 is 19.5 Å². The first-order valence-corrected chi connectivity index (χ1v) is 10.0. The number of anilines is 1. The number of benzene rings is 2. The van der Waals surface area contributed by atoms with Crippen LogP contribution in [0.5, 0.6) is 17.2 Å². The minimum atomic E-state index is -0.208. The Bertz CT molecular complexity index is 761. The Labute approximate surface area is 168 Å². The SMILES string of the molecule is CCOc1cc(C(=O)Nc2ccccc2C(C)CC)cc(OCC)c1OCC. The van der Waals surface area contributed by atoms with Crippen LogP contribution in [0.3, 0.4) is 0 Å². The summed E-state index contributed by atoms with van der Waals surface area (Å²) in [6.45, 7) is 11.4. The zero-order chi connectivity index (χ0) is 20.5. The van der Waals surface area contributed by atoms with Crippen molar-refractivity contribution < 1.29 is 19.0 Å². The highest BCUT2D eigenvalue weighted by Crippen LogP contribution is 2.39. The van der Waals surface area contributed by atoms with E-state index in [-0.39, 0.29) is 5.91 Å². The molecule has 0 saturated heterocycles. The number of amides is 1. The molecule has 28 heavy (non-hydrogen) atoms. The third-order valence-electron chi connectivity index (χ3n) is 4.52. The van der Waals surface area contributed by atoms with E-state index in [2.05, 4.69) is 25.2 Å². The average Bonchev–Trinajstić information content (AvgIpc) is 2.70. The van der Waals surface area contributed by atoms with Gasteiger partial charge in [0.1, 0.15) is 0 Å². The molecule has 0 aromatic heterocycles. The predicted molar refractivity (Wildman–Crippen MR) is 113 cm³/mol. The zero-order valence-corrected chi connectivity index (χ0v) is 17.5. The number of para-hydroxylation sites is 1. The van der Waals surface area contributed by atoms with Gasteiger partial charge in [0, 0.05) is 11.3 Å². The Morgan fingerprint density at radius 2 is 1.50 bits per heavy atom. The fourth-order valence-electron chi connectivity index (χ4n) is 2.97. The van der Waals surface area contributed by atoms with Crippen LogP contribution in [0.15, 0.2) is 36.4 Å². The lowest BCUT2D eigenvalue weighted by molar-refractivity contribution is 0.102. The van der Waals surface area contributed by atoms with E-state index in [0.29, 0.717) is 48.6 Å². The van der Waals surface area contributed by atoms with E-state index in [0.717, 1.165) is 17.7 Å². The first-order chi connectivity index (χ1) is 13.5. The highest BCUT2D eigenvalue weighted by atomic mass is 16.5. The van der Waals surface area contributed by atoms with Crippen LogP contribution in [0.25, 0.3) is 0 Å². The molecule has 0 aliphatic heterocycles. The third kappa shape index (κ3) is 5.18. The summed E-state index contributed by atoms with van der Waals surface area (Å²) >= 11 is 0. The molecule has 1 unspecified atom stereocenters. The van der Waals surface area contributed by atoms with Crippen molar-refractivity contribution in [1.82, 2.24) is 0 Å². The molecule has 0 bridgehead atoms. The van der Waals surface area contributed by atoms with Crippen molar-refractivity contribution >= 4 is 11.6 Å². The quantitative estimate of drug-likeness (QED) is 0.574. The molecule has 5 heteroatoms. The van der Waals surface area contributed by atoms with Crippen molar-refractivity contribution in [2.75, 3.05) is 25.1 Å². The van der Waals surface area contributed by atoms with Gasteiger partial charge in [0.15, 0.2) is 11.5 Å². The van der Waals surface area contributed by atoms with Crippen molar-refractivity contribution in [3.63, 3.8) is 0 Å². The number of rotatable bonds is 10. The Morgan fingerprint density at radius 3 is 2.04 bits per heavy atom. The van der Waals surface area contributed by atoms with Gasteiger partial charge in [0.25, 0.3) is 5.91 Å². The number of ether oxygens (including phenoxy) is 3. The molecule has 152 valence electrons. The Balaban J connectivity index is 2.40. The zero-order valence-electron chi connectivity index (χ0n) is 17.5. The van der Waals surface area contributed by atoms with Crippen LogP contribution in [0.1, 0.15) is 62.9 Å². The van der Waals surface area contributed by atoms with Gasteiger partial charge in [-0.3, -0.25) is 4.79 Å². The molecule has 1 atom stereocenters. The van der Waals surface area contributed by atoms with Crippen LogP contribution >= 0.6 is 0 Å². The Kier molecular flexibility index (Phi) is 8.18. The van der Waals surface area contributed by atoms with Crippen LogP contribution < -0.4 is 19.5 Å². The molecule has 0 radical (unpaired) electrons. The second-order valence-electron chi connectivity index (χ2n) is 6.45. The molecule has 5 nitrogen and oxygen atoms in total. The topological polar surface area (TPSA) is 56.8 Å². The largest absolute Gasteiger partial charge is 0.490 e. The fourth-order valence-corrected chi connectivity index (χ4v) is 2.97.